The average molecular weight is 377 g/mol. The minimum Gasteiger partial charge on any atom is -0.394 e. The molecule has 0 spiro atoms. The Morgan fingerprint density at radius 2 is 1.75 bits per heavy atom. The number of benzene rings is 1. The second-order valence-electron chi connectivity index (χ2n) is 7.04. The number of aliphatic hydroxyl groups excluding tert-OH is 1. The normalized spacial score (nSPS) is 12.0. The van der Waals surface area contributed by atoms with Gasteiger partial charge in [0.15, 0.2) is 0 Å². The predicted octanol–water partition coefficient (Wildman–Crippen LogP) is 3.62. The molecule has 6 nitrogen and oxygen atoms in total. The number of nitrogens with one attached hydrogen (secondary N) is 2. The Balaban J connectivity index is 1.80. The molecular formula is C22H27N5O. The summed E-state index contributed by atoms with van der Waals surface area (Å²) in [5, 5.41) is 16.3. The van der Waals surface area contributed by atoms with Crippen molar-refractivity contribution in [2.24, 2.45) is 5.92 Å². The van der Waals surface area contributed by atoms with Gasteiger partial charge >= 0.3 is 0 Å². The van der Waals surface area contributed by atoms with E-state index in [1.165, 1.54) is 5.56 Å². The lowest BCUT2D eigenvalue weighted by Crippen LogP contribution is -2.30. The molecule has 0 radical (unpaired) electrons. The minimum absolute atomic E-state index is 0.0292. The fourth-order valence-corrected chi connectivity index (χ4v) is 2.83. The molecule has 146 valence electrons. The van der Waals surface area contributed by atoms with Crippen molar-refractivity contribution in [3.8, 4) is 11.3 Å². The smallest absolute Gasteiger partial charge is 0.225 e. The van der Waals surface area contributed by atoms with Crippen LogP contribution in [-0.2, 0) is 6.42 Å². The Bertz CT molecular complexity index is 855. The van der Waals surface area contributed by atoms with Crippen LogP contribution in [0.1, 0.15) is 19.4 Å². The van der Waals surface area contributed by atoms with Crippen LogP contribution in [0.2, 0.25) is 0 Å². The Kier molecular flexibility index (Phi) is 6.92. The van der Waals surface area contributed by atoms with Gasteiger partial charge in [-0.2, -0.15) is 4.98 Å². The fraction of sp³-hybridized carbons (Fsp3) is 0.318. The average Bonchev–Trinajstić information content (AvgIpc) is 2.73. The lowest BCUT2D eigenvalue weighted by molar-refractivity contribution is 0.248. The van der Waals surface area contributed by atoms with Gasteiger partial charge in [-0.05, 0) is 30.0 Å². The monoisotopic (exact) mass is 377 g/mol. The van der Waals surface area contributed by atoms with Gasteiger partial charge in [0, 0.05) is 30.6 Å². The van der Waals surface area contributed by atoms with Gasteiger partial charge in [0.2, 0.25) is 5.95 Å². The van der Waals surface area contributed by atoms with Crippen molar-refractivity contribution in [1.82, 2.24) is 15.0 Å². The Morgan fingerprint density at radius 3 is 2.43 bits per heavy atom. The molecular weight excluding hydrogens is 350 g/mol. The van der Waals surface area contributed by atoms with E-state index in [-0.39, 0.29) is 18.6 Å². The molecule has 6 heteroatoms. The molecule has 1 aromatic carbocycles. The van der Waals surface area contributed by atoms with Crippen molar-refractivity contribution >= 4 is 11.8 Å². The molecule has 0 saturated heterocycles. The van der Waals surface area contributed by atoms with Crippen LogP contribution in [0.4, 0.5) is 11.8 Å². The lowest BCUT2D eigenvalue weighted by Gasteiger charge is -2.20. The summed E-state index contributed by atoms with van der Waals surface area (Å²) in [7, 11) is 0. The first kappa shape index (κ1) is 19.8. The maximum atomic E-state index is 9.64. The number of hydrogen-bond donors (Lipinski definition) is 3. The van der Waals surface area contributed by atoms with Gasteiger partial charge in [-0.1, -0.05) is 44.2 Å². The van der Waals surface area contributed by atoms with Crippen LogP contribution < -0.4 is 10.6 Å². The number of hydrogen-bond acceptors (Lipinski definition) is 6. The van der Waals surface area contributed by atoms with Gasteiger partial charge in [-0.3, -0.25) is 4.98 Å². The Labute approximate surface area is 166 Å². The zero-order valence-corrected chi connectivity index (χ0v) is 16.3. The summed E-state index contributed by atoms with van der Waals surface area (Å²) < 4.78 is 0. The van der Waals surface area contributed by atoms with Crippen LogP contribution in [-0.4, -0.2) is 39.3 Å². The molecule has 2 aromatic heterocycles. The van der Waals surface area contributed by atoms with E-state index in [1.807, 2.05) is 48.5 Å². The molecule has 3 rings (SSSR count). The zero-order chi connectivity index (χ0) is 19.8. The maximum absolute atomic E-state index is 9.64. The standard InChI is InChI=1S/C22H27N5O/c1-16(2)20(15-28)26-22-25-19(18-6-4-3-5-7-18)14-21(27-22)24-13-10-17-8-11-23-12-9-17/h3-9,11-12,14,16,20,28H,10,13,15H2,1-2H3,(H2,24,25,26,27)/t20-/m1/s1. The highest BCUT2D eigenvalue weighted by Crippen LogP contribution is 2.22. The summed E-state index contributed by atoms with van der Waals surface area (Å²) in [5.41, 5.74) is 3.08. The summed E-state index contributed by atoms with van der Waals surface area (Å²) in [5.74, 6) is 1.53. The number of anilines is 2. The summed E-state index contributed by atoms with van der Waals surface area (Å²) >= 11 is 0. The van der Waals surface area contributed by atoms with Crippen molar-refractivity contribution in [2.45, 2.75) is 26.3 Å². The van der Waals surface area contributed by atoms with Crippen LogP contribution >= 0.6 is 0 Å². The first-order valence-corrected chi connectivity index (χ1v) is 9.60. The second-order valence-corrected chi connectivity index (χ2v) is 7.04. The van der Waals surface area contributed by atoms with Gasteiger partial charge in [0.25, 0.3) is 0 Å². The van der Waals surface area contributed by atoms with Crippen molar-refractivity contribution < 1.29 is 5.11 Å². The van der Waals surface area contributed by atoms with E-state index in [0.29, 0.717) is 5.95 Å². The van der Waals surface area contributed by atoms with E-state index in [4.69, 9.17) is 0 Å². The molecule has 1 atom stereocenters. The molecule has 3 N–H and O–H groups in total. The molecule has 2 heterocycles. The highest BCUT2D eigenvalue weighted by atomic mass is 16.3. The largest absolute Gasteiger partial charge is 0.394 e. The van der Waals surface area contributed by atoms with Gasteiger partial charge in [0.1, 0.15) is 5.82 Å². The number of nitrogens with zero attached hydrogens (tertiary/aromatic N) is 3. The second kappa shape index (κ2) is 9.80. The van der Waals surface area contributed by atoms with Gasteiger partial charge in [-0.25, -0.2) is 4.98 Å². The van der Waals surface area contributed by atoms with Gasteiger partial charge < -0.3 is 15.7 Å². The van der Waals surface area contributed by atoms with E-state index in [9.17, 15) is 5.11 Å². The molecule has 0 aliphatic rings. The molecule has 0 fully saturated rings. The number of aliphatic hydroxyl groups is 1. The topological polar surface area (TPSA) is 83.0 Å². The SMILES string of the molecule is CC(C)[C@@H](CO)Nc1nc(NCCc2ccncc2)cc(-c2ccccc2)n1. The highest BCUT2D eigenvalue weighted by Gasteiger charge is 2.15. The molecule has 0 aliphatic heterocycles. The van der Waals surface area contributed by atoms with Crippen LogP contribution in [0.25, 0.3) is 11.3 Å². The molecule has 3 aromatic rings. The van der Waals surface area contributed by atoms with E-state index in [2.05, 4.69) is 39.4 Å². The summed E-state index contributed by atoms with van der Waals surface area (Å²) in [6, 6.07) is 15.9. The zero-order valence-electron chi connectivity index (χ0n) is 16.3. The van der Waals surface area contributed by atoms with Gasteiger partial charge in [0.05, 0.1) is 18.3 Å². The van der Waals surface area contributed by atoms with Crippen molar-refractivity contribution in [1.29, 1.82) is 0 Å². The minimum atomic E-state index is -0.101. The Morgan fingerprint density at radius 1 is 1.00 bits per heavy atom. The summed E-state index contributed by atoms with van der Waals surface area (Å²) in [4.78, 5) is 13.3. The fourth-order valence-electron chi connectivity index (χ4n) is 2.83. The molecule has 0 bridgehead atoms. The number of aromatic nitrogens is 3. The van der Waals surface area contributed by atoms with Crippen LogP contribution in [0, 0.1) is 5.92 Å². The van der Waals surface area contributed by atoms with Crippen molar-refractivity contribution in [3.05, 3.63) is 66.5 Å². The van der Waals surface area contributed by atoms with Crippen LogP contribution in [0.3, 0.4) is 0 Å². The maximum Gasteiger partial charge on any atom is 0.225 e. The lowest BCUT2D eigenvalue weighted by atomic mass is 10.1. The number of pyridine rings is 1. The summed E-state index contributed by atoms with van der Waals surface area (Å²) in [6.07, 6.45) is 4.48. The first-order valence-electron chi connectivity index (χ1n) is 9.60. The summed E-state index contributed by atoms with van der Waals surface area (Å²) in [6.45, 7) is 4.90. The molecule has 0 saturated carbocycles. The molecule has 0 amide bonds. The van der Waals surface area contributed by atoms with E-state index in [1.54, 1.807) is 12.4 Å². The van der Waals surface area contributed by atoms with Crippen LogP contribution in [0.5, 0.6) is 0 Å². The quantitative estimate of drug-likeness (QED) is 0.528. The number of rotatable bonds is 9. The van der Waals surface area contributed by atoms with E-state index >= 15 is 0 Å². The molecule has 0 unspecified atom stereocenters. The van der Waals surface area contributed by atoms with Crippen molar-refractivity contribution in [3.63, 3.8) is 0 Å². The third-order valence-corrected chi connectivity index (χ3v) is 4.58. The third-order valence-electron chi connectivity index (χ3n) is 4.58. The predicted molar refractivity (Wildman–Crippen MR) is 113 cm³/mol. The Hall–Kier alpha value is -2.99. The van der Waals surface area contributed by atoms with E-state index in [0.717, 1.165) is 30.0 Å². The first-order chi connectivity index (χ1) is 13.7. The van der Waals surface area contributed by atoms with Gasteiger partial charge in [-0.15, -0.1) is 0 Å². The van der Waals surface area contributed by atoms with Crippen molar-refractivity contribution in [2.75, 3.05) is 23.8 Å². The van der Waals surface area contributed by atoms with Crippen LogP contribution in [0.15, 0.2) is 60.9 Å². The molecule has 28 heavy (non-hydrogen) atoms. The third kappa shape index (κ3) is 5.50. The highest BCUT2D eigenvalue weighted by molar-refractivity contribution is 5.64. The van der Waals surface area contributed by atoms with E-state index < -0.39 is 0 Å². The molecule has 0 aliphatic carbocycles.